The first kappa shape index (κ1) is 21.0. The lowest BCUT2D eigenvalue weighted by molar-refractivity contribution is 0.0937. The Morgan fingerprint density at radius 1 is 1.14 bits per heavy atom. The third kappa shape index (κ3) is 6.12. The van der Waals surface area contributed by atoms with E-state index < -0.39 is 0 Å². The molecule has 3 rings (SSSR count). The van der Waals surface area contributed by atoms with Crippen LogP contribution in [-0.2, 0) is 13.0 Å². The first-order chi connectivity index (χ1) is 13.5. The van der Waals surface area contributed by atoms with E-state index in [0.29, 0.717) is 12.5 Å². The molecule has 0 unspecified atom stereocenters. The van der Waals surface area contributed by atoms with Crippen LogP contribution < -0.4 is 5.32 Å². The van der Waals surface area contributed by atoms with Crippen LogP contribution in [0.5, 0.6) is 0 Å². The molecule has 1 aliphatic heterocycles. The molecule has 0 aliphatic carbocycles. The van der Waals surface area contributed by atoms with Crippen molar-refractivity contribution in [3.63, 3.8) is 0 Å². The number of nitrogens with one attached hydrogen (secondary N) is 1. The largest absolute Gasteiger partial charge is 0.350 e. The second-order valence-electron chi connectivity index (χ2n) is 7.98. The van der Waals surface area contributed by atoms with Crippen LogP contribution in [0.15, 0.2) is 30.3 Å². The molecule has 1 aromatic carbocycles. The minimum Gasteiger partial charge on any atom is -0.350 e. The van der Waals surface area contributed by atoms with E-state index in [1.165, 1.54) is 16.9 Å². The van der Waals surface area contributed by atoms with Gasteiger partial charge in [0.05, 0.1) is 10.7 Å². The Morgan fingerprint density at radius 3 is 2.50 bits per heavy atom. The van der Waals surface area contributed by atoms with Crippen molar-refractivity contribution >= 4 is 17.2 Å². The number of carbonyl (C=O) groups is 1. The van der Waals surface area contributed by atoms with E-state index in [9.17, 15) is 4.79 Å². The van der Waals surface area contributed by atoms with Crippen molar-refractivity contribution in [2.24, 2.45) is 5.92 Å². The zero-order valence-corrected chi connectivity index (χ0v) is 18.1. The number of amides is 1. The number of aromatic nitrogens is 1. The molecule has 0 atom stereocenters. The summed E-state index contributed by atoms with van der Waals surface area (Å²) in [5, 5.41) is 4.14. The molecule has 2 aromatic rings. The van der Waals surface area contributed by atoms with Gasteiger partial charge in [-0.3, -0.25) is 14.6 Å². The fourth-order valence-corrected chi connectivity index (χ4v) is 4.71. The standard InChI is InChI=1S/C22H32N4OS/c1-17(2)15-20-24-18(3)21(28-20)22(27)23-9-10-25-11-13-26(14-12-25)16-19-7-5-4-6-8-19/h4-8,17H,9-16H2,1-3H3,(H,23,27). The zero-order valence-electron chi connectivity index (χ0n) is 17.3. The summed E-state index contributed by atoms with van der Waals surface area (Å²) in [7, 11) is 0. The summed E-state index contributed by atoms with van der Waals surface area (Å²) in [6.07, 6.45) is 0.937. The van der Waals surface area contributed by atoms with E-state index in [2.05, 4.69) is 64.3 Å². The first-order valence-corrected chi connectivity index (χ1v) is 11.1. The van der Waals surface area contributed by atoms with Gasteiger partial charge in [-0.1, -0.05) is 44.2 Å². The lowest BCUT2D eigenvalue weighted by Crippen LogP contribution is -2.48. The molecule has 152 valence electrons. The lowest BCUT2D eigenvalue weighted by Gasteiger charge is -2.34. The van der Waals surface area contributed by atoms with Crippen molar-refractivity contribution in [1.82, 2.24) is 20.1 Å². The maximum absolute atomic E-state index is 12.5. The normalized spacial score (nSPS) is 15.9. The molecular formula is C22H32N4OS. The molecule has 1 fully saturated rings. The summed E-state index contributed by atoms with van der Waals surface area (Å²) < 4.78 is 0. The van der Waals surface area contributed by atoms with Gasteiger partial charge in [0.15, 0.2) is 0 Å². The van der Waals surface area contributed by atoms with Crippen LogP contribution in [0.3, 0.4) is 0 Å². The summed E-state index contributed by atoms with van der Waals surface area (Å²) in [4.78, 5) is 22.8. The summed E-state index contributed by atoms with van der Waals surface area (Å²) in [5.41, 5.74) is 2.23. The number of thiazole rings is 1. The van der Waals surface area contributed by atoms with E-state index in [1.54, 1.807) is 0 Å². The molecule has 1 saturated heterocycles. The number of carbonyl (C=O) groups excluding carboxylic acids is 1. The SMILES string of the molecule is Cc1nc(CC(C)C)sc1C(=O)NCCN1CCN(Cc2ccccc2)CC1. The highest BCUT2D eigenvalue weighted by Crippen LogP contribution is 2.20. The van der Waals surface area contributed by atoms with Gasteiger partial charge in [0.25, 0.3) is 5.91 Å². The van der Waals surface area contributed by atoms with E-state index in [1.807, 2.05) is 6.92 Å². The molecule has 28 heavy (non-hydrogen) atoms. The van der Waals surface area contributed by atoms with Crippen LogP contribution in [0.2, 0.25) is 0 Å². The molecule has 1 aliphatic rings. The van der Waals surface area contributed by atoms with Crippen molar-refractivity contribution in [3.05, 3.63) is 51.5 Å². The van der Waals surface area contributed by atoms with Gasteiger partial charge in [-0.15, -0.1) is 11.3 Å². The van der Waals surface area contributed by atoms with E-state index in [-0.39, 0.29) is 5.91 Å². The summed E-state index contributed by atoms with van der Waals surface area (Å²) >= 11 is 1.54. The number of hydrogen-bond donors (Lipinski definition) is 1. The van der Waals surface area contributed by atoms with Crippen molar-refractivity contribution in [2.45, 2.75) is 33.7 Å². The molecular weight excluding hydrogens is 368 g/mol. The molecule has 0 saturated carbocycles. The highest BCUT2D eigenvalue weighted by molar-refractivity contribution is 7.13. The van der Waals surface area contributed by atoms with E-state index in [0.717, 1.165) is 61.3 Å². The number of nitrogens with zero attached hydrogens (tertiary/aromatic N) is 3. The van der Waals surface area contributed by atoms with Gasteiger partial charge in [0, 0.05) is 52.2 Å². The fraction of sp³-hybridized carbons (Fsp3) is 0.545. The van der Waals surface area contributed by atoms with Gasteiger partial charge in [-0.2, -0.15) is 0 Å². The molecule has 0 bridgehead atoms. The highest BCUT2D eigenvalue weighted by Gasteiger charge is 2.18. The predicted octanol–water partition coefficient (Wildman–Crippen LogP) is 3.20. The Balaban J connectivity index is 1.38. The van der Waals surface area contributed by atoms with E-state index >= 15 is 0 Å². The topological polar surface area (TPSA) is 48.5 Å². The second-order valence-corrected chi connectivity index (χ2v) is 9.06. The third-order valence-electron chi connectivity index (χ3n) is 5.06. The minimum absolute atomic E-state index is 0.0210. The Morgan fingerprint density at radius 2 is 1.82 bits per heavy atom. The Bertz CT molecular complexity index is 751. The van der Waals surface area contributed by atoms with Crippen LogP contribution in [0.4, 0.5) is 0 Å². The number of rotatable bonds is 8. The molecule has 2 heterocycles. The number of hydrogen-bond acceptors (Lipinski definition) is 5. The first-order valence-electron chi connectivity index (χ1n) is 10.2. The van der Waals surface area contributed by atoms with Crippen molar-refractivity contribution in [3.8, 4) is 0 Å². The molecule has 1 aromatic heterocycles. The number of benzene rings is 1. The smallest absolute Gasteiger partial charge is 0.263 e. The molecule has 1 N–H and O–H groups in total. The average Bonchev–Trinajstić information content (AvgIpc) is 3.03. The fourth-order valence-electron chi connectivity index (χ4n) is 3.52. The van der Waals surface area contributed by atoms with E-state index in [4.69, 9.17) is 0 Å². The Labute approximate surface area is 172 Å². The molecule has 5 nitrogen and oxygen atoms in total. The van der Waals surface area contributed by atoms with Gasteiger partial charge < -0.3 is 5.32 Å². The van der Waals surface area contributed by atoms with Gasteiger partial charge in [0.2, 0.25) is 0 Å². The molecule has 6 heteroatoms. The Hall–Kier alpha value is -1.76. The second kappa shape index (κ2) is 10.1. The van der Waals surface area contributed by atoms with Crippen molar-refractivity contribution in [2.75, 3.05) is 39.3 Å². The zero-order chi connectivity index (χ0) is 19.9. The molecule has 0 radical (unpaired) electrons. The van der Waals surface area contributed by atoms with Crippen LogP contribution in [0, 0.1) is 12.8 Å². The number of piperazine rings is 1. The number of aryl methyl sites for hydroxylation is 1. The van der Waals surface area contributed by atoms with Crippen LogP contribution in [0.25, 0.3) is 0 Å². The van der Waals surface area contributed by atoms with Crippen molar-refractivity contribution in [1.29, 1.82) is 0 Å². The van der Waals surface area contributed by atoms with Gasteiger partial charge in [-0.05, 0) is 18.4 Å². The highest BCUT2D eigenvalue weighted by atomic mass is 32.1. The van der Waals surface area contributed by atoms with Gasteiger partial charge in [-0.25, -0.2) is 4.98 Å². The minimum atomic E-state index is 0.0210. The summed E-state index contributed by atoms with van der Waals surface area (Å²) in [6, 6.07) is 10.6. The average molecular weight is 401 g/mol. The maximum atomic E-state index is 12.5. The Kier molecular flexibility index (Phi) is 7.59. The molecule has 0 spiro atoms. The summed E-state index contributed by atoms with van der Waals surface area (Å²) in [5.74, 6) is 0.578. The third-order valence-corrected chi connectivity index (χ3v) is 6.24. The summed E-state index contributed by atoms with van der Waals surface area (Å²) in [6.45, 7) is 13.2. The monoisotopic (exact) mass is 400 g/mol. The molecule has 1 amide bonds. The lowest BCUT2D eigenvalue weighted by atomic mass is 10.1. The quantitative estimate of drug-likeness (QED) is 0.739. The van der Waals surface area contributed by atoms with Crippen LogP contribution in [-0.4, -0.2) is 60.0 Å². The maximum Gasteiger partial charge on any atom is 0.263 e. The van der Waals surface area contributed by atoms with Gasteiger partial charge >= 0.3 is 0 Å². The van der Waals surface area contributed by atoms with Gasteiger partial charge in [0.1, 0.15) is 4.88 Å². The predicted molar refractivity (Wildman–Crippen MR) is 116 cm³/mol. The van der Waals surface area contributed by atoms with Crippen LogP contribution >= 0.6 is 11.3 Å². The van der Waals surface area contributed by atoms with Crippen molar-refractivity contribution < 1.29 is 4.79 Å². The van der Waals surface area contributed by atoms with Crippen LogP contribution in [0.1, 0.15) is 39.8 Å².